The molecule has 1 aliphatic heterocycles. The van der Waals surface area contributed by atoms with E-state index in [1.807, 2.05) is 6.07 Å². The fourth-order valence-electron chi connectivity index (χ4n) is 2.69. The van der Waals surface area contributed by atoms with E-state index in [1.54, 1.807) is 6.07 Å². The van der Waals surface area contributed by atoms with Crippen LogP contribution in [0, 0.1) is 0 Å². The van der Waals surface area contributed by atoms with Crippen LogP contribution < -0.4 is 0 Å². The number of rotatable bonds is 4. The highest BCUT2D eigenvalue weighted by Gasteiger charge is 2.22. The first-order valence-corrected chi connectivity index (χ1v) is 7.51. The van der Waals surface area contributed by atoms with E-state index in [9.17, 15) is 0 Å². The summed E-state index contributed by atoms with van der Waals surface area (Å²) in [6, 6.07) is 4.26. The number of hydrogen-bond donors (Lipinski definition) is 0. The lowest BCUT2D eigenvalue weighted by Crippen LogP contribution is -2.39. The number of hydrogen-bond acceptors (Lipinski definition) is 2. The lowest BCUT2D eigenvalue weighted by atomic mass is 9.98. The Morgan fingerprint density at radius 1 is 1.33 bits per heavy atom. The monoisotopic (exact) mass is 286 g/mol. The van der Waals surface area contributed by atoms with Crippen LogP contribution in [0.5, 0.6) is 0 Å². The third kappa shape index (κ3) is 3.59. The van der Waals surface area contributed by atoms with Crippen LogP contribution in [0.25, 0.3) is 0 Å². The van der Waals surface area contributed by atoms with Crippen molar-refractivity contribution in [1.29, 1.82) is 0 Å². The van der Waals surface area contributed by atoms with Gasteiger partial charge in [0.15, 0.2) is 0 Å². The van der Waals surface area contributed by atoms with E-state index in [0.717, 1.165) is 23.8 Å². The van der Waals surface area contributed by atoms with E-state index in [2.05, 4.69) is 16.8 Å². The molecule has 1 aromatic heterocycles. The third-order valence-electron chi connectivity index (χ3n) is 3.61. The first-order chi connectivity index (χ1) is 8.70. The summed E-state index contributed by atoms with van der Waals surface area (Å²) >= 11 is 12.1. The van der Waals surface area contributed by atoms with Gasteiger partial charge in [-0.05, 0) is 37.9 Å². The van der Waals surface area contributed by atoms with Gasteiger partial charge in [0, 0.05) is 12.6 Å². The van der Waals surface area contributed by atoms with Crippen molar-refractivity contribution in [3.63, 3.8) is 0 Å². The molecule has 2 rings (SSSR count). The molecule has 0 bridgehead atoms. The Morgan fingerprint density at radius 2 is 2.17 bits per heavy atom. The van der Waals surface area contributed by atoms with Crippen LogP contribution in [0.4, 0.5) is 0 Å². The predicted molar refractivity (Wildman–Crippen MR) is 77.2 cm³/mol. The molecule has 1 aliphatic rings. The van der Waals surface area contributed by atoms with Gasteiger partial charge in [-0.25, -0.2) is 4.98 Å². The van der Waals surface area contributed by atoms with Crippen LogP contribution in [0.2, 0.25) is 10.2 Å². The molecule has 1 saturated heterocycles. The Morgan fingerprint density at radius 3 is 2.94 bits per heavy atom. The van der Waals surface area contributed by atoms with E-state index in [0.29, 0.717) is 11.2 Å². The van der Waals surface area contributed by atoms with Crippen LogP contribution in [-0.2, 0) is 6.54 Å². The molecule has 100 valence electrons. The zero-order valence-electron chi connectivity index (χ0n) is 10.8. The standard InChI is InChI=1S/C14H20Cl2N2/c1-2-5-11-6-3-4-9-18(11)10-13-12(15)7-8-14(16)17-13/h7-8,11H,2-6,9-10H2,1H3. The van der Waals surface area contributed by atoms with Gasteiger partial charge >= 0.3 is 0 Å². The Labute approximate surface area is 119 Å². The molecule has 1 unspecified atom stereocenters. The molecule has 2 heterocycles. The zero-order chi connectivity index (χ0) is 13.0. The second-order valence-electron chi connectivity index (χ2n) is 4.97. The van der Waals surface area contributed by atoms with E-state index in [-0.39, 0.29) is 0 Å². The van der Waals surface area contributed by atoms with Gasteiger partial charge in [0.05, 0.1) is 10.7 Å². The van der Waals surface area contributed by atoms with Gasteiger partial charge in [-0.15, -0.1) is 0 Å². The van der Waals surface area contributed by atoms with Gasteiger partial charge in [0.25, 0.3) is 0 Å². The number of pyridine rings is 1. The fraction of sp³-hybridized carbons (Fsp3) is 0.643. The van der Waals surface area contributed by atoms with Crippen molar-refractivity contribution in [3.05, 3.63) is 28.0 Å². The second kappa shape index (κ2) is 6.74. The van der Waals surface area contributed by atoms with Crippen molar-refractivity contribution in [2.24, 2.45) is 0 Å². The van der Waals surface area contributed by atoms with Crippen LogP contribution in [0.15, 0.2) is 12.1 Å². The predicted octanol–water partition coefficient (Wildman–Crippen LogP) is 4.54. The molecule has 1 aromatic rings. The first kappa shape index (κ1) is 14.1. The number of piperidine rings is 1. The molecule has 0 aliphatic carbocycles. The summed E-state index contributed by atoms with van der Waals surface area (Å²) in [7, 11) is 0. The summed E-state index contributed by atoms with van der Waals surface area (Å²) in [5.74, 6) is 0. The molecule has 0 saturated carbocycles. The summed E-state index contributed by atoms with van der Waals surface area (Å²) in [5, 5.41) is 1.25. The largest absolute Gasteiger partial charge is 0.295 e. The minimum atomic E-state index is 0.526. The van der Waals surface area contributed by atoms with E-state index < -0.39 is 0 Å². The molecular formula is C14H20Cl2N2. The van der Waals surface area contributed by atoms with Gasteiger partial charge in [-0.3, -0.25) is 4.90 Å². The Balaban J connectivity index is 2.08. The summed E-state index contributed by atoms with van der Waals surface area (Å²) in [6.45, 7) is 4.22. The van der Waals surface area contributed by atoms with Crippen LogP contribution >= 0.6 is 23.2 Å². The smallest absolute Gasteiger partial charge is 0.129 e. The van der Waals surface area contributed by atoms with Crippen molar-refractivity contribution in [3.8, 4) is 0 Å². The van der Waals surface area contributed by atoms with Gasteiger partial charge < -0.3 is 0 Å². The van der Waals surface area contributed by atoms with Crippen LogP contribution in [-0.4, -0.2) is 22.5 Å². The van der Waals surface area contributed by atoms with E-state index in [1.165, 1.54) is 32.1 Å². The maximum Gasteiger partial charge on any atom is 0.129 e. The van der Waals surface area contributed by atoms with Gasteiger partial charge in [-0.2, -0.15) is 0 Å². The van der Waals surface area contributed by atoms with Crippen molar-refractivity contribution in [2.75, 3.05) is 6.54 Å². The Bertz CT molecular complexity index is 393. The molecule has 0 spiro atoms. The molecule has 1 atom stereocenters. The normalized spacial score (nSPS) is 21.2. The highest BCUT2D eigenvalue weighted by molar-refractivity contribution is 6.32. The zero-order valence-corrected chi connectivity index (χ0v) is 12.3. The maximum absolute atomic E-state index is 6.19. The molecular weight excluding hydrogens is 267 g/mol. The molecule has 2 nitrogen and oxygen atoms in total. The summed E-state index contributed by atoms with van der Waals surface area (Å²) in [6.07, 6.45) is 6.42. The maximum atomic E-state index is 6.19. The van der Waals surface area contributed by atoms with Gasteiger partial charge in [0.1, 0.15) is 5.15 Å². The van der Waals surface area contributed by atoms with Crippen molar-refractivity contribution >= 4 is 23.2 Å². The Hall–Kier alpha value is -0.310. The average molecular weight is 287 g/mol. The number of nitrogens with zero attached hydrogens (tertiary/aromatic N) is 2. The molecule has 18 heavy (non-hydrogen) atoms. The second-order valence-corrected chi connectivity index (χ2v) is 5.77. The van der Waals surface area contributed by atoms with Crippen LogP contribution in [0.1, 0.15) is 44.7 Å². The van der Waals surface area contributed by atoms with E-state index >= 15 is 0 Å². The number of aromatic nitrogens is 1. The lowest BCUT2D eigenvalue weighted by molar-refractivity contribution is 0.130. The molecule has 1 fully saturated rings. The quantitative estimate of drug-likeness (QED) is 0.756. The average Bonchev–Trinajstić information content (AvgIpc) is 2.36. The third-order valence-corrected chi connectivity index (χ3v) is 4.16. The molecule has 0 N–H and O–H groups in total. The van der Waals surface area contributed by atoms with Crippen molar-refractivity contribution in [1.82, 2.24) is 9.88 Å². The number of likely N-dealkylation sites (tertiary alicyclic amines) is 1. The topological polar surface area (TPSA) is 16.1 Å². The fourth-order valence-corrected chi connectivity index (χ4v) is 3.02. The highest BCUT2D eigenvalue weighted by atomic mass is 35.5. The molecule has 0 amide bonds. The van der Waals surface area contributed by atoms with Gasteiger partial charge in [0.2, 0.25) is 0 Å². The van der Waals surface area contributed by atoms with E-state index in [4.69, 9.17) is 23.2 Å². The molecule has 0 aromatic carbocycles. The molecule has 0 radical (unpaired) electrons. The lowest BCUT2D eigenvalue weighted by Gasteiger charge is -2.35. The Kier molecular flexibility index (Phi) is 5.28. The summed E-state index contributed by atoms with van der Waals surface area (Å²) in [5.41, 5.74) is 0.909. The summed E-state index contributed by atoms with van der Waals surface area (Å²) < 4.78 is 0. The van der Waals surface area contributed by atoms with Crippen molar-refractivity contribution < 1.29 is 0 Å². The minimum absolute atomic E-state index is 0.526. The highest BCUT2D eigenvalue weighted by Crippen LogP contribution is 2.25. The first-order valence-electron chi connectivity index (χ1n) is 6.75. The van der Waals surface area contributed by atoms with Crippen LogP contribution in [0.3, 0.4) is 0 Å². The number of halogens is 2. The minimum Gasteiger partial charge on any atom is -0.295 e. The van der Waals surface area contributed by atoms with Crippen molar-refractivity contribution in [2.45, 2.75) is 51.6 Å². The SMILES string of the molecule is CCCC1CCCCN1Cc1nc(Cl)ccc1Cl. The van der Waals surface area contributed by atoms with Gasteiger partial charge in [-0.1, -0.05) is 43.0 Å². The summed E-state index contributed by atoms with van der Waals surface area (Å²) in [4.78, 5) is 6.86. The molecule has 4 heteroatoms.